The van der Waals surface area contributed by atoms with Crippen LogP contribution in [-0.4, -0.2) is 41.6 Å². The molecule has 142 valence electrons. The molecule has 7 heteroatoms. The number of thiophene rings is 1. The smallest absolute Gasteiger partial charge is 0.268 e. The summed E-state index contributed by atoms with van der Waals surface area (Å²) in [6.45, 7) is 3.95. The van der Waals surface area contributed by atoms with Crippen molar-refractivity contribution >= 4 is 27.5 Å². The number of benzene rings is 1. The maximum Gasteiger partial charge on any atom is 0.268 e. The summed E-state index contributed by atoms with van der Waals surface area (Å²) in [6, 6.07) is 7.66. The van der Waals surface area contributed by atoms with E-state index in [1.807, 2.05) is 22.1 Å². The first-order chi connectivity index (χ1) is 13.1. The number of likely N-dealkylation sites (tertiary alicyclic amines) is 1. The molecule has 4 nitrogen and oxygen atoms in total. The van der Waals surface area contributed by atoms with Crippen molar-refractivity contribution in [2.75, 3.05) is 26.2 Å². The largest absolute Gasteiger partial charge is 0.349 e. The molecular formula is C20H21F2N3OS. The van der Waals surface area contributed by atoms with Crippen molar-refractivity contribution in [3.63, 3.8) is 0 Å². The number of nitrogens with zero attached hydrogens (tertiary/aromatic N) is 2. The summed E-state index contributed by atoms with van der Waals surface area (Å²) in [7, 11) is 0. The summed E-state index contributed by atoms with van der Waals surface area (Å²) in [6.07, 6.45) is 2.45. The van der Waals surface area contributed by atoms with Gasteiger partial charge < -0.3 is 14.8 Å². The van der Waals surface area contributed by atoms with Gasteiger partial charge >= 0.3 is 0 Å². The topological polar surface area (TPSA) is 37.3 Å². The van der Waals surface area contributed by atoms with Crippen LogP contribution in [0, 0.1) is 11.6 Å². The summed E-state index contributed by atoms with van der Waals surface area (Å²) < 4.78 is 29.6. The van der Waals surface area contributed by atoms with Crippen LogP contribution >= 0.6 is 11.3 Å². The monoisotopic (exact) mass is 389 g/mol. The maximum absolute atomic E-state index is 13.6. The number of aromatic nitrogens is 1. The first-order valence-corrected chi connectivity index (χ1v) is 10.0. The van der Waals surface area contributed by atoms with Crippen LogP contribution < -0.4 is 5.32 Å². The molecule has 27 heavy (non-hydrogen) atoms. The SMILES string of the molecule is O=C(NCCN1CCCC1)c1cc2sccc2n1Cc1ccc(F)c(F)c1. The first-order valence-electron chi connectivity index (χ1n) is 9.13. The zero-order chi connectivity index (χ0) is 18.8. The predicted octanol–water partition coefficient (Wildman–Crippen LogP) is 3.85. The fourth-order valence-corrected chi connectivity index (χ4v) is 4.40. The Balaban J connectivity index is 1.53. The molecule has 1 amide bonds. The zero-order valence-corrected chi connectivity index (χ0v) is 15.7. The number of rotatable bonds is 6. The van der Waals surface area contributed by atoms with Crippen molar-refractivity contribution in [1.82, 2.24) is 14.8 Å². The molecule has 0 radical (unpaired) electrons. The van der Waals surface area contributed by atoms with Gasteiger partial charge in [-0.05, 0) is 61.1 Å². The van der Waals surface area contributed by atoms with Crippen molar-refractivity contribution in [2.24, 2.45) is 0 Å². The number of hydrogen-bond donors (Lipinski definition) is 1. The zero-order valence-electron chi connectivity index (χ0n) is 14.9. The lowest BCUT2D eigenvalue weighted by molar-refractivity contribution is 0.0941. The van der Waals surface area contributed by atoms with Crippen molar-refractivity contribution in [3.8, 4) is 0 Å². The Hall–Kier alpha value is -2.25. The number of amides is 1. The van der Waals surface area contributed by atoms with Gasteiger partial charge in [-0.25, -0.2) is 8.78 Å². The van der Waals surface area contributed by atoms with Crippen molar-refractivity contribution in [1.29, 1.82) is 0 Å². The molecule has 0 atom stereocenters. The third kappa shape index (κ3) is 3.89. The average Bonchev–Trinajstić information content (AvgIpc) is 3.37. The van der Waals surface area contributed by atoms with E-state index in [1.54, 1.807) is 17.4 Å². The van der Waals surface area contributed by atoms with Gasteiger partial charge in [0.2, 0.25) is 0 Å². The number of halogens is 2. The molecule has 2 aromatic heterocycles. The third-order valence-corrected chi connectivity index (χ3v) is 5.85. The Morgan fingerprint density at radius 1 is 1.11 bits per heavy atom. The van der Waals surface area contributed by atoms with Crippen molar-refractivity contribution in [3.05, 3.63) is 58.6 Å². The van der Waals surface area contributed by atoms with E-state index in [2.05, 4.69) is 10.2 Å². The van der Waals surface area contributed by atoms with E-state index >= 15 is 0 Å². The molecule has 1 fully saturated rings. The lowest BCUT2D eigenvalue weighted by Gasteiger charge is -2.15. The van der Waals surface area contributed by atoms with E-state index in [0.717, 1.165) is 35.9 Å². The molecule has 0 bridgehead atoms. The second-order valence-corrected chi connectivity index (χ2v) is 7.79. The Morgan fingerprint density at radius 3 is 2.70 bits per heavy atom. The summed E-state index contributed by atoms with van der Waals surface area (Å²) in [5.41, 5.74) is 2.08. The highest BCUT2D eigenvalue weighted by Gasteiger charge is 2.18. The van der Waals surface area contributed by atoms with Gasteiger partial charge in [-0.2, -0.15) is 0 Å². The molecule has 1 N–H and O–H groups in total. The number of nitrogens with one attached hydrogen (secondary N) is 1. The van der Waals surface area contributed by atoms with E-state index in [1.165, 1.54) is 18.9 Å². The number of carbonyl (C=O) groups excluding carboxylic acids is 1. The van der Waals surface area contributed by atoms with Gasteiger partial charge in [0.25, 0.3) is 5.91 Å². The van der Waals surface area contributed by atoms with E-state index in [9.17, 15) is 13.6 Å². The summed E-state index contributed by atoms with van der Waals surface area (Å²) in [5, 5.41) is 4.95. The van der Waals surface area contributed by atoms with E-state index in [0.29, 0.717) is 24.3 Å². The van der Waals surface area contributed by atoms with Crippen LogP contribution in [0.2, 0.25) is 0 Å². The van der Waals surface area contributed by atoms with Crippen LogP contribution in [0.3, 0.4) is 0 Å². The Labute approximate surface area is 160 Å². The second kappa shape index (κ2) is 7.78. The van der Waals surface area contributed by atoms with Crippen LogP contribution in [0.15, 0.2) is 35.7 Å². The van der Waals surface area contributed by atoms with Crippen LogP contribution in [0.5, 0.6) is 0 Å². The molecule has 3 heterocycles. The molecule has 3 aromatic rings. The van der Waals surface area contributed by atoms with Crippen LogP contribution in [-0.2, 0) is 6.54 Å². The highest BCUT2D eigenvalue weighted by atomic mass is 32.1. The molecule has 1 saturated heterocycles. The normalized spacial score (nSPS) is 14.9. The highest BCUT2D eigenvalue weighted by Crippen LogP contribution is 2.26. The maximum atomic E-state index is 13.6. The van der Waals surface area contributed by atoms with Gasteiger partial charge in [0.05, 0.1) is 10.2 Å². The van der Waals surface area contributed by atoms with Crippen molar-refractivity contribution in [2.45, 2.75) is 19.4 Å². The fraction of sp³-hybridized carbons (Fsp3) is 0.350. The van der Waals surface area contributed by atoms with E-state index < -0.39 is 11.6 Å². The van der Waals surface area contributed by atoms with Gasteiger partial charge in [0.15, 0.2) is 11.6 Å². The van der Waals surface area contributed by atoms with Crippen LogP contribution in [0.4, 0.5) is 8.78 Å². The number of hydrogen-bond acceptors (Lipinski definition) is 3. The van der Waals surface area contributed by atoms with Crippen LogP contribution in [0.1, 0.15) is 28.9 Å². The molecule has 0 saturated carbocycles. The minimum absolute atomic E-state index is 0.139. The minimum Gasteiger partial charge on any atom is -0.349 e. The van der Waals surface area contributed by atoms with E-state index in [4.69, 9.17) is 0 Å². The van der Waals surface area contributed by atoms with Gasteiger partial charge in [-0.15, -0.1) is 11.3 Å². The Morgan fingerprint density at radius 2 is 1.93 bits per heavy atom. The van der Waals surface area contributed by atoms with Crippen LogP contribution in [0.25, 0.3) is 10.2 Å². The standard InChI is InChI=1S/C20H21F2N3OS/c21-15-4-3-14(11-16(15)22)13-25-17-5-10-27-19(17)12-18(25)20(26)23-6-9-24-7-1-2-8-24/h3-5,10-12H,1-2,6-9,13H2,(H,23,26). The summed E-state index contributed by atoms with van der Waals surface area (Å²) >= 11 is 1.56. The van der Waals surface area contributed by atoms with Gasteiger partial charge in [0, 0.05) is 19.6 Å². The highest BCUT2D eigenvalue weighted by molar-refractivity contribution is 7.17. The Bertz CT molecular complexity index is 959. The second-order valence-electron chi connectivity index (χ2n) is 6.84. The summed E-state index contributed by atoms with van der Waals surface area (Å²) in [4.78, 5) is 15.1. The predicted molar refractivity (Wildman–Crippen MR) is 103 cm³/mol. The summed E-state index contributed by atoms with van der Waals surface area (Å²) in [5.74, 6) is -1.88. The van der Waals surface area contributed by atoms with Gasteiger partial charge in [-0.3, -0.25) is 4.79 Å². The molecular weight excluding hydrogens is 368 g/mol. The average molecular weight is 389 g/mol. The molecule has 1 aliphatic heterocycles. The molecule has 0 aliphatic carbocycles. The molecule has 1 aromatic carbocycles. The third-order valence-electron chi connectivity index (χ3n) is 4.99. The molecule has 4 rings (SSSR count). The lowest BCUT2D eigenvalue weighted by atomic mass is 10.2. The Kier molecular flexibility index (Phi) is 5.22. The van der Waals surface area contributed by atoms with E-state index in [-0.39, 0.29) is 5.91 Å². The number of fused-ring (bicyclic) bond motifs is 1. The number of carbonyl (C=O) groups is 1. The van der Waals surface area contributed by atoms with Gasteiger partial charge in [0.1, 0.15) is 5.69 Å². The lowest BCUT2D eigenvalue weighted by Crippen LogP contribution is -2.34. The fourth-order valence-electron chi connectivity index (χ4n) is 3.58. The van der Waals surface area contributed by atoms with Crippen molar-refractivity contribution < 1.29 is 13.6 Å². The molecule has 1 aliphatic rings. The quantitative estimate of drug-likeness (QED) is 0.695. The van der Waals surface area contributed by atoms with Gasteiger partial charge in [-0.1, -0.05) is 6.07 Å². The first kappa shape index (κ1) is 18.1. The molecule has 0 spiro atoms. The minimum atomic E-state index is -0.877. The molecule has 0 unspecified atom stereocenters.